The first-order valence-corrected chi connectivity index (χ1v) is 9.88. The summed E-state index contributed by atoms with van der Waals surface area (Å²) < 4.78 is 27.5. The van der Waals surface area contributed by atoms with E-state index in [1.54, 1.807) is 18.7 Å². The summed E-state index contributed by atoms with van der Waals surface area (Å²) in [6.07, 6.45) is 1.96. The van der Waals surface area contributed by atoms with E-state index in [0.717, 1.165) is 5.75 Å². The molecule has 5 nitrogen and oxygen atoms in total. The molecule has 1 unspecified atom stereocenters. The molecule has 0 aliphatic carbocycles. The van der Waals surface area contributed by atoms with E-state index in [-0.39, 0.29) is 16.4 Å². The van der Waals surface area contributed by atoms with Gasteiger partial charge < -0.3 is 5.11 Å². The highest BCUT2D eigenvalue weighted by atomic mass is 79.9. The average molecular weight is 396 g/mol. The van der Waals surface area contributed by atoms with Crippen LogP contribution in [0.3, 0.4) is 0 Å². The Morgan fingerprint density at radius 1 is 1.48 bits per heavy atom. The molecule has 1 atom stereocenters. The third-order valence-corrected chi connectivity index (χ3v) is 6.06. The molecular formula is C13H18BrNO4S2. The molecule has 118 valence electrons. The van der Waals surface area contributed by atoms with Crippen molar-refractivity contribution in [2.24, 2.45) is 5.92 Å². The minimum Gasteiger partial charge on any atom is -0.478 e. The zero-order valence-electron chi connectivity index (χ0n) is 12.0. The highest BCUT2D eigenvalue weighted by Crippen LogP contribution is 2.25. The van der Waals surface area contributed by atoms with Gasteiger partial charge in [-0.3, -0.25) is 0 Å². The van der Waals surface area contributed by atoms with Gasteiger partial charge in [-0.25, -0.2) is 17.9 Å². The fourth-order valence-electron chi connectivity index (χ4n) is 1.71. The zero-order chi connectivity index (χ0) is 16.2. The van der Waals surface area contributed by atoms with E-state index in [9.17, 15) is 13.2 Å². The number of aromatic carboxylic acids is 1. The van der Waals surface area contributed by atoms with E-state index in [1.165, 1.54) is 12.1 Å². The van der Waals surface area contributed by atoms with Gasteiger partial charge in [0.1, 0.15) is 0 Å². The lowest BCUT2D eigenvalue weighted by molar-refractivity contribution is 0.0695. The Hall–Kier alpha value is -0.570. The molecule has 0 heterocycles. The van der Waals surface area contributed by atoms with Crippen molar-refractivity contribution >= 4 is 43.7 Å². The number of sulfonamides is 1. The summed E-state index contributed by atoms with van der Waals surface area (Å²) in [5, 5.41) is 9.13. The van der Waals surface area contributed by atoms with Gasteiger partial charge in [0, 0.05) is 11.0 Å². The molecule has 1 aromatic rings. The standard InChI is InChI=1S/C13H18BrNO4S2/c1-8(7-20-3)6-15-21(18,19)10-4-11(13(16)17)9(2)12(14)5-10/h4-5,8,15H,6-7H2,1-3H3,(H,16,17). The average Bonchev–Trinajstić information content (AvgIpc) is 2.39. The Morgan fingerprint density at radius 2 is 2.10 bits per heavy atom. The summed E-state index contributed by atoms with van der Waals surface area (Å²) in [5.74, 6) is -0.107. The molecule has 0 saturated carbocycles. The van der Waals surface area contributed by atoms with Crippen LogP contribution in [0.5, 0.6) is 0 Å². The van der Waals surface area contributed by atoms with E-state index < -0.39 is 16.0 Å². The lowest BCUT2D eigenvalue weighted by Gasteiger charge is -2.13. The Bertz CT molecular complexity index is 631. The number of nitrogens with one attached hydrogen (secondary N) is 1. The summed E-state index contributed by atoms with van der Waals surface area (Å²) >= 11 is 4.85. The number of carboxylic acids is 1. The second-order valence-corrected chi connectivity index (χ2v) is 8.33. The molecule has 0 aromatic heterocycles. The quantitative estimate of drug-likeness (QED) is 0.741. The molecule has 0 saturated heterocycles. The van der Waals surface area contributed by atoms with Gasteiger partial charge in [-0.2, -0.15) is 11.8 Å². The Morgan fingerprint density at radius 3 is 2.62 bits per heavy atom. The molecule has 8 heteroatoms. The number of benzene rings is 1. The summed E-state index contributed by atoms with van der Waals surface area (Å²) in [4.78, 5) is 11.1. The van der Waals surface area contributed by atoms with Crippen molar-refractivity contribution in [1.82, 2.24) is 4.72 Å². The highest BCUT2D eigenvalue weighted by molar-refractivity contribution is 9.10. The number of thioether (sulfide) groups is 1. The van der Waals surface area contributed by atoms with Gasteiger partial charge in [0.2, 0.25) is 10.0 Å². The molecule has 0 spiro atoms. The minimum absolute atomic E-state index is 0.0260. The molecule has 0 radical (unpaired) electrons. The summed E-state index contributed by atoms with van der Waals surface area (Å²) in [6.45, 7) is 3.89. The highest BCUT2D eigenvalue weighted by Gasteiger charge is 2.20. The van der Waals surface area contributed by atoms with Crippen LogP contribution in [0.1, 0.15) is 22.8 Å². The van der Waals surface area contributed by atoms with Crippen LogP contribution in [0.4, 0.5) is 0 Å². The van der Waals surface area contributed by atoms with Crippen LogP contribution >= 0.6 is 27.7 Å². The zero-order valence-corrected chi connectivity index (χ0v) is 15.2. The normalized spacial score (nSPS) is 13.1. The van der Waals surface area contributed by atoms with Crippen molar-refractivity contribution in [2.45, 2.75) is 18.7 Å². The van der Waals surface area contributed by atoms with Crippen LogP contribution < -0.4 is 4.72 Å². The van der Waals surface area contributed by atoms with Gasteiger partial charge in [-0.1, -0.05) is 22.9 Å². The van der Waals surface area contributed by atoms with Crippen molar-refractivity contribution in [3.05, 3.63) is 27.7 Å². The molecule has 2 N–H and O–H groups in total. The van der Waals surface area contributed by atoms with Crippen molar-refractivity contribution in [3.8, 4) is 0 Å². The van der Waals surface area contributed by atoms with Crippen LogP contribution in [0, 0.1) is 12.8 Å². The van der Waals surface area contributed by atoms with Crippen LogP contribution in [0.15, 0.2) is 21.5 Å². The van der Waals surface area contributed by atoms with E-state index in [1.807, 2.05) is 13.2 Å². The number of rotatable bonds is 7. The predicted octanol–water partition coefficient (Wildman–Crippen LogP) is 2.73. The SMILES string of the molecule is CSCC(C)CNS(=O)(=O)c1cc(Br)c(C)c(C(=O)O)c1. The first kappa shape index (κ1) is 18.5. The first-order valence-electron chi connectivity index (χ1n) is 6.21. The van der Waals surface area contributed by atoms with Gasteiger partial charge in [-0.15, -0.1) is 0 Å². The van der Waals surface area contributed by atoms with Crippen LogP contribution in [-0.4, -0.2) is 38.0 Å². The van der Waals surface area contributed by atoms with Crippen molar-refractivity contribution in [2.75, 3.05) is 18.6 Å². The largest absolute Gasteiger partial charge is 0.478 e. The molecular weight excluding hydrogens is 378 g/mol. The number of hydrogen-bond donors (Lipinski definition) is 2. The monoisotopic (exact) mass is 395 g/mol. The van der Waals surface area contributed by atoms with Crippen LogP contribution in [0.25, 0.3) is 0 Å². The van der Waals surface area contributed by atoms with E-state index in [0.29, 0.717) is 16.6 Å². The van der Waals surface area contributed by atoms with Crippen LogP contribution in [0.2, 0.25) is 0 Å². The Labute approximate surface area is 137 Å². The van der Waals surface area contributed by atoms with Crippen LogP contribution in [-0.2, 0) is 10.0 Å². The van der Waals surface area contributed by atoms with E-state index in [2.05, 4.69) is 20.7 Å². The number of hydrogen-bond acceptors (Lipinski definition) is 4. The molecule has 0 amide bonds. The second kappa shape index (κ2) is 7.62. The predicted molar refractivity (Wildman–Crippen MR) is 88.6 cm³/mol. The van der Waals surface area contributed by atoms with Gasteiger partial charge in [-0.05, 0) is 42.5 Å². The Kier molecular flexibility index (Phi) is 6.71. The maximum absolute atomic E-state index is 12.2. The van der Waals surface area contributed by atoms with Crippen molar-refractivity contribution < 1.29 is 18.3 Å². The molecule has 0 bridgehead atoms. The minimum atomic E-state index is -3.72. The van der Waals surface area contributed by atoms with Crippen molar-refractivity contribution in [3.63, 3.8) is 0 Å². The van der Waals surface area contributed by atoms with Gasteiger partial charge in [0.15, 0.2) is 0 Å². The lowest BCUT2D eigenvalue weighted by atomic mass is 10.1. The van der Waals surface area contributed by atoms with E-state index >= 15 is 0 Å². The van der Waals surface area contributed by atoms with Gasteiger partial charge in [0.05, 0.1) is 10.5 Å². The molecule has 0 fully saturated rings. The number of carbonyl (C=O) groups is 1. The first-order chi connectivity index (χ1) is 9.69. The summed E-state index contributed by atoms with van der Waals surface area (Å²) in [7, 11) is -3.72. The molecule has 21 heavy (non-hydrogen) atoms. The smallest absolute Gasteiger partial charge is 0.336 e. The Balaban J connectivity index is 3.06. The fourth-order valence-corrected chi connectivity index (χ4v) is 4.23. The number of halogens is 1. The number of carboxylic acid groups (broad SMARTS) is 1. The third kappa shape index (κ3) is 4.98. The maximum atomic E-state index is 12.2. The molecule has 1 rings (SSSR count). The fraction of sp³-hybridized carbons (Fsp3) is 0.462. The summed E-state index contributed by atoms with van der Waals surface area (Å²) in [5.41, 5.74) is 0.471. The molecule has 0 aliphatic heterocycles. The van der Waals surface area contributed by atoms with Gasteiger partial charge in [0.25, 0.3) is 0 Å². The van der Waals surface area contributed by atoms with E-state index in [4.69, 9.17) is 5.11 Å². The topological polar surface area (TPSA) is 83.5 Å². The lowest BCUT2D eigenvalue weighted by Crippen LogP contribution is -2.29. The second-order valence-electron chi connectivity index (χ2n) is 4.80. The molecule has 0 aliphatic rings. The maximum Gasteiger partial charge on any atom is 0.336 e. The van der Waals surface area contributed by atoms with Gasteiger partial charge >= 0.3 is 5.97 Å². The third-order valence-electron chi connectivity index (χ3n) is 2.93. The summed E-state index contributed by atoms with van der Waals surface area (Å²) in [6, 6.07) is 2.60. The van der Waals surface area contributed by atoms with Crippen molar-refractivity contribution in [1.29, 1.82) is 0 Å². The molecule has 1 aromatic carbocycles.